The molecular formula is C8H9F4N3. The van der Waals surface area contributed by atoms with Crippen molar-refractivity contribution < 1.29 is 17.6 Å². The molecule has 0 aliphatic carbocycles. The van der Waals surface area contributed by atoms with Gasteiger partial charge in [-0.2, -0.15) is 13.2 Å². The summed E-state index contributed by atoms with van der Waals surface area (Å²) in [6.45, 7) is 0.102. The van der Waals surface area contributed by atoms with E-state index in [9.17, 15) is 17.6 Å². The zero-order valence-electron chi connectivity index (χ0n) is 7.68. The lowest BCUT2D eigenvalue weighted by molar-refractivity contribution is -0.134. The van der Waals surface area contributed by atoms with Crippen LogP contribution in [0.25, 0.3) is 0 Å². The Morgan fingerprint density at radius 1 is 1.20 bits per heavy atom. The Bertz CT molecular complexity index is 296. The lowest BCUT2D eigenvalue weighted by Crippen LogP contribution is -2.12. The third kappa shape index (κ3) is 5.14. The Morgan fingerprint density at radius 2 is 1.80 bits per heavy atom. The number of anilines is 1. The van der Waals surface area contributed by atoms with Crippen LogP contribution in [0.3, 0.4) is 0 Å². The first-order valence-corrected chi connectivity index (χ1v) is 4.25. The topological polar surface area (TPSA) is 37.8 Å². The van der Waals surface area contributed by atoms with Crippen LogP contribution in [-0.2, 0) is 0 Å². The Kier molecular flexibility index (Phi) is 3.81. The fourth-order valence-electron chi connectivity index (χ4n) is 0.893. The van der Waals surface area contributed by atoms with Crippen LogP contribution in [-0.4, -0.2) is 22.7 Å². The van der Waals surface area contributed by atoms with Crippen molar-refractivity contribution in [1.82, 2.24) is 9.97 Å². The predicted octanol–water partition coefficient (Wildman–Crippen LogP) is 2.37. The molecule has 3 nitrogen and oxygen atoms in total. The van der Waals surface area contributed by atoms with E-state index in [2.05, 4.69) is 15.3 Å². The summed E-state index contributed by atoms with van der Waals surface area (Å²) in [6.07, 6.45) is -3.19. The van der Waals surface area contributed by atoms with Gasteiger partial charge < -0.3 is 5.32 Å². The van der Waals surface area contributed by atoms with Crippen LogP contribution in [0.4, 0.5) is 23.5 Å². The summed E-state index contributed by atoms with van der Waals surface area (Å²) in [5.41, 5.74) is 0. The van der Waals surface area contributed by atoms with Crippen molar-refractivity contribution >= 4 is 5.95 Å². The van der Waals surface area contributed by atoms with Crippen molar-refractivity contribution in [2.24, 2.45) is 0 Å². The largest absolute Gasteiger partial charge is 0.389 e. The van der Waals surface area contributed by atoms with Gasteiger partial charge in [0.2, 0.25) is 5.95 Å². The molecule has 1 N–H and O–H groups in total. The fraction of sp³-hybridized carbons (Fsp3) is 0.500. The Balaban J connectivity index is 2.23. The molecular weight excluding hydrogens is 214 g/mol. The van der Waals surface area contributed by atoms with Crippen LogP contribution < -0.4 is 5.32 Å². The zero-order valence-corrected chi connectivity index (χ0v) is 7.68. The van der Waals surface area contributed by atoms with Crippen LogP contribution in [0, 0.1) is 5.82 Å². The van der Waals surface area contributed by atoms with Gasteiger partial charge in [-0.1, -0.05) is 0 Å². The van der Waals surface area contributed by atoms with Gasteiger partial charge in [-0.3, -0.25) is 0 Å². The standard InChI is InChI=1S/C8H9F4N3/c9-6-4-14-7(15-5-6)13-3-1-2-8(10,11)12/h4-5H,1-3H2,(H,13,14,15). The highest BCUT2D eigenvalue weighted by atomic mass is 19.4. The maximum atomic E-state index is 12.3. The molecule has 0 spiro atoms. The molecule has 0 aliphatic rings. The SMILES string of the molecule is Fc1cnc(NCCCC(F)(F)F)nc1. The maximum Gasteiger partial charge on any atom is 0.389 e. The fourth-order valence-corrected chi connectivity index (χ4v) is 0.893. The molecule has 0 unspecified atom stereocenters. The van der Waals surface area contributed by atoms with E-state index in [0.717, 1.165) is 12.4 Å². The molecule has 0 aliphatic heterocycles. The molecule has 0 fully saturated rings. The molecule has 7 heteroatoms. The maximum absolute atomic E-state index is 12.3. The smallest absolute Gasteiger partial charge is 0.354 e. The average Bonchev–Trinajstić information content (AvgIpc) is 2.14. The molecule has 1 aromatic heterocycles. The number of hydrogen-bond donors (Lipinski definition) is 1. The Morgan fingerprint density at radius 3 is 2.33 bits per heavy atom. The minimum Gasteiger partial charge on any atom is -0.354 e. The Labute approximate surface area is 83.5 Å². The van der Waals surface area contributed by atoms with E-state index in [1.807, 2.05) is 0 Å². The van der Waals surface area contributed by atoms with Crippen LogP contribution in [0.1, 0.15) is 12.8 Å². The zero-order chi connectivity index (χ0) is 11.3. The van der Waals surface area contributed by atoms with Crippen molar-refractivity contribution in [1.29, 1.82) is 0 Å². The van der Waals surface area contributed by atoms with E-state index in [4.69, 9.17) is 0 Å². The molecule has 84 valence electrons. The highest BCUT2D eigenvalue weighted by Crippen LogP contribution is 2.20. The molecule has 0 aromatic carbocycles. The van der Waals surface area contributed by atoms with Gasteiger partial charge in [0.05, 0.1) is 12.4 Å². The molecule has 0 atom stereocenters. The lowest BCUT2D eigenvalue weighted by Gasteiger charge is -2.06. The van der Waals surface area contributed by atoms with E-state index in [-0.39, 0.29) is 18.9 Å². The van der Waals surface area contributed by atoms with Crippen LogP contribution in [0.15, 0.2) is 12.4 Å². The normalized spacial score (nSPS) is 11.5. The second kappa shape index (κ2) is 4.90. The van der Waals surface area contributed by atoms with Gasteiger partial charge in [0, 0.05) is 13.0 Å². The van der Waals surface area contributed by atoms with Crippen LogP contribution in [0.5, 0.6) is 0 Å². The minimum atomic E-state index is -4.15. The molecule has 1 aromatic rings. The minimum absolute atomic E-state index is 0.0652. The van der Waals surface area contributed by atoms with Gasteiger partial charge in [-0.05, 0) is 6.42 Å². The lowest BCUT2D eigenvalue weighted by atomic mass is 10.3. The summed E-state index contributed by atoms with van der Waals surface area (Å²) in [6, 6.07) is 0. The molecule has 15 heavy (non-hydrogen) atoms. The first-order chi connectivity index (χ1) is 6.97. The van der Waals surface area contributed by atoms with Crippen molar-refractivity contribution in [3.05, 3.63) is 18.2 Å². The number of aromatic nitrogens is 2. The molecule has 1 heterocycles. The number of hydrogen-bond acceptors (Lipinski definition) is 3. The quantitative estimate of drug-likeness (QED) is 0.629. The molecule has 0 amide bonds. The summed E-state index contributed by atoms with van der Waals surface area (Å²) < 4.78 is 47.5. The monoisotopic (exact) mass is 223 g/mol. The third-order valence-electron chi connectivity index (χ3n) is 1.54. The van der Waals surface area contributed by atoms with Crippen LogP contribution in [0.2, 0.25) is 0 Å². The van der Waals surface area contributed by atoms with E-state index >= 15 is 0 Å². The molecule has 0 saturated carbocycles. The number of rotatable bonds is 4. The van der Waals surface area contributed by atoms with E-state index in [0.29, 0.717) is 0 Å². The average molecular weight is 223 g/mol. The van der Waals surface area contributed by atoms with Crippen molar-refractivity contribution in [3.8, 4) is 0 Å². The highest BCUT2D eigenvalue weighted by molar-refractivity contribution is 5.21. The summed E-state index contributed by atoms with van der Waals surface area (Å²) in [4.78, 5) is 7.07. The molecule has 0 bridgehead atoms. The van der Waals surface area contributed by atoms with Crippen molar-refractivity contribution in [2.45, 2.75) is 19.0 Å². The van der Waals surface area contributed by atoms with E-state index in [1.165, 1.54) is 0 Å². The predicted molar refractivity (Wildman–Crippen MR) is 45.8 cm³/mol. The first-order valence-electron chi connectivity index (χ1n) is 4.25. The van der Waals surface area contributed by atoms with Gasteiger partial charge in [0.25, 0.3) is 0 Å². The summed E-state index contributed by atoms with van der Waals surface area (Å²) in [5, 5.41) is 2.56. The first kappa shape index (κ1) is 11.7. The number of halogens is 4. The molecule has 0 radical (unpaired) electrons. The van der Waals surface area contributed by atoms with Crippen LogP contribution >= 0.6 is 0 Å². The van der Waals surface area contributed by atoms with Gasteiger partial charge in [0.1, 0.15) is 0 Å². The highest BCUT2D eigenvalue weighted by Gasteiger charge is 2.25. The Hall–Kier alpha value is -1.40. The van der Waals surface area contributed by atoms with Crippen molar-refractivity contribution in [3.63, 3.8) is 0 Å². The van der Waals surface area contributed by atoms with Gasteiger partial charge in [0.15, 0.2) is 5.82 Å². The summed E-state index contributed by atoms with van der Waals surface area (Å²) >= 11 is 0. The van der Waals surface area contributed by atoms with Crippen molar-refractivity contribution in [2.75, 3.05) is 11.9 Å². The number of nitrogens with zero attached hydrogens (tertiary/aromatic N) is 2. The molecule has 0 saturated heterocycles. The third-order valence-corrected chi connectivity index (χ3v) is 1.54. The van der Waals surface area contributed by atoms with Gasteiger partial charge in [-0.25, -0.2) is 14.4 Å². The summed E-state index contributed by atoms with van der Waals surface area (Å²) in [7, 11) is 0. The van der Waals surface area contributed by atoms with E-state index < -0.39 is 18.4 Å². The second-order valence-electron chi connectivity index (χ2n) is 2.87. The second-order valence-corrected chi connectivity index (χ2v) is 2.87. The number of alkyl halides is 3. The van der Waals surface area contributed by atoms with Gasteiger partial charge >= 0.3 is 6.18 Å². The summed E-state index contributed by atoms with van der Waals surface area (Å²) in [5.74, 6) is -0.464. The molecule has 1 rings (SSSR count). The number of nitrogens with one attached hydrogen (secondary N) is 1. The van der Waals surface area contributed by atoms with Gasteiger partial charge in [-0.15, -0.1) is 0 Å². The van der Waals surface area contributed by atoms with E-state index in [1.54, 1.807) is 0 Å².